The summed E-state index contributed by atoms with van der Waals surface area (Å²) >= 11 is 0. The number of hydrogen-bond acceptors (Lipinski definition) is 3. The lowest BCUT2D eigenvalue weighted by Crippen LogP contribution is -2.51. The van der Waals surface area contributed by atoms with E-state index in [9.17, 15) is 4.79 Å². The van der Waals surface area contributed by atoms with Gasteiger partial charge >= 0.3 is 6.03 Å². The molecule has 0 spiro atoms. The molecular formula is C16H28N4O2. The molecule has 6 nitrogen and oxygen atoms in total. The Balaban J connectivity index is 2.00. The molecule has 0 aliphatic carbocycles. The van der Waals surface area contributed by atoms with Gasteiger partial charge in [0.1, 0.15) is 0 Å². The Kier molecular flexibility index (Phi) is 5.45. The summed E-state index contributed by atoms with van der Waals surface area (Å²) in [5.41, 5.74) is 1.68. The Labute approximate surface area is 132 Å². The summed E-state index contributed by atoms with van der Waals surface area (Å²) in [6.45, 7) is 10.7. The predicted molar refractivity (Wildman–Crippen MR) is 87.1 cm³/mol. The van der Waals surface area contributed by atoms with Crippen LogP contribution in [0.4, 0.5) is 10.5 Å². The lowest BCUT2D eigenvalue weighted by Gasteiger charge is -2.34. The molecule has 124 valence electrons. The molecule has 1 aliphatic rings. The van der Waals surface area contributed by atoms with E-state index >= 15 is 0 Å². The molecule has 1 aromatic heterocycles. The van der Waals surface area contributed by atoms with Crippen molar-refractivity contribution < 1.29 is 9.53 Å². The zero-order chi connectivity index (χ0) is 16.2. The third-order valence-corrected chi connectivity index (χ3v) is 4.08. The fourth-order valence-electron chi connectivity index (χ4n) is 2.77. The van der Waals surface area contributed by atoms with Crippen LogP contribution in [-0.4, -0.2) is 34.6 Å². The Morgan fingerprint density at radius 2 is 2.14 bits per heavy atom. The predicted octanol–water partition coefficient (Wildman–Crippen LogP) is 2.79. The van der Waals surface area contributed by atoms with Crippen LogP contribution in [0.2, 0.25) is 0 Å². The monoisotopic (exact) mass is 308 g/mol. The van der Waals surface area contributed by atoms with Gasteiger partial charge in [0.05, 0.1) is 17.6 Å². The van der Waals surface area contributed by atoms with Gasteiger partial charge in [0, 0.05) is 25.3 Å². The van der Waals surface area contributed by atoms with Crippen LogP contribution in [0.3, 0.4) is 0 Å². The van der Waals surface area contributed by atoms with E-state index in [0.29, 0.717) is 19.1 Å². The number of anilines is 1. The van der Waals surface area contributed by atoms with E-state index in [2.05, 4.69) is 43.4 Å². The Bertz CT molecular complexity index is 504. The number of ether oxygens (including phenoxy) is 1. The van der Waals surface area contributed by atoms with Crippen molar-refractivity contribution in [3.8, 4) is 0 Å². The van der Waals surface area contributed by atoms with Crippen LogP contribution in [0.1, 0.15) is 46.2 Å². The average molecular weight is 308 g/mol. The molecule has 2 N–H and O–H groups in total. The minimum Gasteiger partial charge on any atom is -0.381 e. The topological polar surface area (TPSA) is 68.2 Å². The van der Waals surface area contributed by atoms with E-state index in [-0.39, 0.29) is 11.6 Å². The molecular weight excluding hydrogens is 280 g/mol. The third kappa shape index (κ3) is 4.22. The lowest BCUT2D eigenvalue weighted by atomic mass is 9.93. The number of carbonyl (C=O) groups is 1. The highest BCUT2D eigenvalue weighted by Gasteiger charge is 2.29. The van der Waals surface area contributed by atoms with Crippen molar-refractivity contribution in [3.63, 3.8) is 0 Å². The van der Waals surface area contributed by atoms with Gasteiger partial charge < -0.3 is 15.4 Å². The highest BCUT2D eigenvalue weighted by molar-refractivity contribution is 5.90. The van der Waals surface area contributed by atoms with Gasteiger partial charge in [-0.3, -0.25) is 4.68 Å². The molecule has 6 heteroatoms. The number of urea groups is 1. The molecule has 1 aromatic rings. The normalized spacial score (nSPS) is 17.5. The Morgan fingerprint density at radius 3 is 2.73 bits per heavy atom. The van der Waals surface area contributed by atoms with Crippen LogP contribution in [-0.2, 0) is 17.7 Å². The van der Waals surface area contributed by atoms with E-state index < -0.39 is 0 Å². The summed E-state index contributed by atoms with van der Waals surface area (Å²) in [6.07, 6.45) is 4.27. The van der Waals surface area contributed by atoms with Gasteiger partial charge in [-0.15, -0.1) is 0 Å². The van der Waals surface area contributed by atoms with Gasteiger partial charge in [-0.05, 0) is 32.1 Å². The van der Waals surface area contributed by atoms with E-state index in [1.807, 2.05) is 4.68 Å². The molecule has 22 heavy (non-hydrogen) atoms. The summed E-state index contributed by atoms with van der Waals surface area (Å²) in [5, 5.41) is 10.4. The first-order valence-corrected chi connectivity index (χ1v) is 8.15. The zero-order valence-electron chi connectivity index (χ0n) is 14.1. The van der Waals surface area contributed by atoms with Crippen LogP contribution in [0.5, 0.6) is 0 Å². The zero-order valence-corrected chi connectivity index (χ0v) is 14.1. The van der Waals surface area contributed by atoms with Gasteiger partial charge in [0.15, 0.2) is 0 Å². The van der Waals surface area contributed by atoms with E-state index in [1.165, 1.54) is 0 Å². The van der Waals surface area contributed by atoms with Crippen LogP contribution in [0, 0.1) is 5.92 Å². The maximum atomic E-state index is 12.3. The second-order valence-electron chi connectivity index (χ2n) is 6.69. The van der Waals surface area contributed by atoms with Gasteiger partial charge in [0.25, 0.3) is 0 Å². The fourth-order valence-corrected chi connectivity index (χ4v) is 2.77. The maximum absolute atomic E-state index is 12.3. The molecule has 1 fully saturated rings. The van der Waals surface area contributed by atoms with E-state index in [1.54, 1.807) is 6.20 Å². The molecule has 0 unspecified atom stereocenters. The summed E-state index contributed by atoms with van der Waals surface area (Å²) < 4.78 is 7.34. The largest absolute Gasteiger partial charge is 0.381 e. The van der Waals surface area contributed by atoms with Gasteiger partial charge in [-0.25, -0.2) is 4.79 Å². The van der Waals surface area contributed by atoms with Crippen molar-refractivity contribution in [3.05, 3.63) is 11.9 Å². The minimum absolute atomic E-state index is 0.164. The number of nitrogens with one attached hydrogen (secondary N) is 2. The van der Waals surface area contributed by atoms with Crippen molar-refractivity contribution >= 4 is 11.7 Å². The second kappa shape index (κ2) is 7.13. The first-order valence-electron chi connectivity index (χ1n) is 8.15. The number of carbonyl (C=O) groups excluding carboxylic acids is 1. The number of rotatable bonds is 5. The summed E-state index contributed by atoms with van der Waals surface area (Å²) in [5.74, 6) is 0.521. The first kappa shape index (κ1) is 16.8. The van der Waals surface area contributed by atoms with E-state index in [0.717, 1.165) is 37.2 Å². The molecule has 1 aliphatic heterocycles. The van der Waals surface area contributed by atoms with Gasteiger partial charge in [-0.2, -0.15) is 5.10 Å². The third-order valence-electron chi connectivity index (χ3n) is 4.08. The molecule has 0 bridgehead atoms. The Morgan fingerprint density at radius 1 is 1.45 bits per heavy atom. The molecule has 0 atom stereocenters. The standard InChI is InChI=1S/C16H28N4O2/c1-5-14-13(10-17-20(14)11-12(2)3)18-15(21)19-16(4)6-8-22-9-7-16/h10,12H,5-9,11H2,1-4H3,(H2,18,19,21). The Hall–Kier alpha value is -1.56. The van der Waals surface area contributed by atoms with Crippen molar-refractivity contribution in [1.82, 2.24) is 15.1 Å². The summed E-state index contributed by atoms with van der Waals surface area (Å²) in [7, 11) is 0. The highest BCUT2D eigenvalue weighted by atomic mass is 16.5. The second-order valence-corrected chi connectivity index (χ2v) is 6.69. The lowest BCUT2D eigenvalue weighted by molar-refractivity contribution is 0.0499. The maximum Gasteiger partial charge on any atom is 0.319 e. The average Bonchev–Trinajstić information content (AvgIpc) is 2.79. The molecule has 0 aromatic carbocycles. The van der Waals surface area contributed by atoms with Crippen LogP contribution < -0.4 is 10.6 Å². The molecule has 0 saturated carbocycles. The fraction of sp³-hybridized carbons (Fsp3) is 0.750. The first-order chi connectivity index (χ1) is 10.4. The van der Waals surface area contributed by atoms with Crippen molar-refractivity contribution in [2.75, 3.05) is 18.5 Å². The summed E-state index contributed by atoms with van der Waals surface area (Å²) in [4.78, 5) is 12.3. The molecule has 0 radical (unpaired) electrons. The number of aromatic nitrogens is 2. The van der Waals surface area contributed by atoms with Crippen LogP contribution in [0.15, 0.2) is 6.20 Å². The number of amides is 2. The van der Waals surface area contributed by atoms with Crippen molar-refractivity contribution in [2.45, 2.75) is 59.0 Å². The molecule has 2 amide bonds. The van der Waals surface area contributed by atoms with Crippen molar-refractivity contribution in [2.24, 2.45) is 5.92 Å². The highest BCUT2D eigenvalue weighted by Crippen LogP contribution is 2.21. The summed E-state index contributed by atoms with van der Waals surface area (Å²) in [6, 6.07) is -0.164. The molecule has 2 rings (SSSR count). The van der Waals surface area contributed by atoms with Crippen LogP contribution in [0.25, 0.3) is 0 Å². The van der Waals surface area contributed by atoms with Crippen molar-refractivity contribution in [1.29, 1.82) is 0 Å². The van der Waals surface area contributed by atoms with Gasteiger partial charge in [0.2, 0.25) is 0 Å². The van der Waals surface area contributed by atoms with E-state index in [4.69, 9.17) is 4.74 Å². The quantitative estimate of drug-likeness (QED) is 0.879. The minimum atomic E-state index is -0.192. The van der Waals surface area contributed by atoms with Crippen LogP contribution >= 0.6 is 0 Å². The van der Waals surface area contributed by atoms with Gasteiger partial charge in [-0.1, -0.05) is 20.8 Å². The molecule has 1 saturated heterocycles. The SMILES string of the molecule is CCc1c(NC(=O)NC2(C)CCOCC2)cnn1CC(C)C. The molecule has 2 heterocycles. The smallest absolute Gasteiger partial charge is 0.319 e. The number of nitrogens with zero attached hydrogens (tertiary/aromatic N) is 2. The number of hydrogen-bond donors (Lipinski definition) is 2.